The van der Waals surface area contributed by atoms with Crippen LogP contribution in [0, 0.1) is 0 Å². The Morgan fingerprint density at radius 3 is 2.43 bits per heavy atom. The maximum atomic E-state index is 11.5. The molecule has 0 spiro atoms. The third-order valence-electron chi connectivity index (χ3n) is 4.25. The van der Waals surface area contributed by atoms with Gasteiger partial charge in [-0.3, -0.25) is 9.79 Å². The zero-order valence-corrected chi connectivity index (χ0v) is 20.3. The highest BCUT2D eigenvalue weighted by atomic mass is 127. The van der Waals surface area contributed by atoms with Gasteiger partial charge in [0.2, 0.25) is 0 Å². The molecular weight excluding hydrogens is 495 g/mol. The molecule has 0 atom stereocenters. The van der Waals surface area contributed by atoms with Crippen molar-refractivity contribution in [2.24, 2.45) is 4.99 Å². The first-order valence-electron chi connectivity index (χ1n) is 9.58. The van der Waals surface area contributed by atoms with Crippen LogP contribution in [0.2, 0.25) is 0 Å². The number of halogens is 1. The van der Waals surface area contributed by atoms with Crippen molar-refractivity contribution in [3.63, 3.8) is 0 Å². The maximum Gasteiger partial charge on any atom is 0.257 e. The number of guanidine groups is 1. The number of hydrogen-bond acceptors (Lipinski definition) is 4. The first kappa shape index (κ1) is 25.5. The number of rotatable bonds is 9. The lowest BCUT2D eigenvalue weighted by atomic mass is 10.2. The molecular formula is C22H31IN4O3. The van der Waals surface area contributed by atoms with Crippen molar-refractivity contribution in [1.82, 2.24) is 15.5 Å². The molecule has 30 heavy (non-hydrogen) atoms. The molecule has 0 aliphatic carbocycles. The number of ether oxygens (including phenoxy) is 2. The van der Waals surface area contributed by atoms with Gasteiger partial charge in [-0.15, -0.1) is 24.0 Å². The van der Waals surface area contributed by atoms with Gasteiger partial charge < -0.3 is 25.0 Å². The molecule has 2 rings (SSSR count). The van der Waals surface area contributed by atoms with Crippen LogP contribution in [0.3, 0.4) is 0 Å². The van der Waals surface area contributed by atoms with Crippen molar-refractivity contribution in [2.75, 3.05) is 34.4 Å². The van der Waals surface area contributed by atoms with Gasteiger partial charge in [-0.1, -0.05) is 24.3 Å². The maximum absolute atomic E-state index is 11.5. The van der Waals surface area contributed by atoms with Crippen molar-refractivity contribution >= 4 is 35.8 Å². The Kier molecular flexibility index (Phi) is 11.7. The van der Waals surface area contributed by atoms with Gasteiger partial charge >= 0.3 is 0 Å². The van der Waals surface area contributed by atoms with Crippen LogP contribution in [0.4, 0.5) is 0 Å². The van der Waals surface area contributed by atoms with Crippen molar-refractivity contribution in [1.29, 1.82) is 0 Å². The molecule has 0 saturated heterocycles. The van der Waals surface area contributed by atoms with Gasteiger partial charge in [0.1, 0.15) is 11.5 Å². The van der Waals surface area contributed by atoms with Crippen LogP contribution in [0.15, 0.2) is 53.5 Å². The zero-order chi connectivity index (χ0) is 21.1. The van der Waals surface area contributed by atoms with E-state index in [2.05, 4.69) is 20.5 Å². The Morgan fingerprint density at radius 1 is 1.07 bits per heavy atom. The zero-order valence-electron chi connectivity index (χ0n) is 18.0. The fourth-order valence-corrected chi connectivity index (χ4v) is 2.79. The van der Waals surface area contributed by atoms with Crippen LogP contribution in [0.5, 0.6) is 11.5 Å². The van der Waals surface area contributed by atoms with Gasteiger partial charge in [-0.05, 0) is 42.3 Å². The van der Waals surface area contributed by atoms with Crippen LogP contribution in [0.25, 0.3) is 0 Å². The summed E-state index contributed by atoms with van der Waals surface area (Å²) in [5.74, 6) is 2.16. The van der Waals surface area contributed by atoms with Crippen molar-refractivity contribution in [3.8, 4) is 11.5 Å². The fourth-order valence-electron chi connectivity index (χ4n) is 2.79. The molecule has 0 bridgehead atoms. The number of carbonyl (C=O) groups is 1. The lowest BCUT2D eigenvalue weighted by Crippen LogP contribution is -2.38. The van der Waals surface area contributed by atoms with E-state index in [9.17, 15) is 4.79 Å². The summed E-state index contributed by atoms with van der Waals surface area (Å²) >= 11 is 0. The van der Waals surface area contributed by atoms with E-state index in [0.29, 0.717) is 18.8 Å². The third kappa shape index (κ3) is 8.48. The third-order valence-corrected chi connectivity index (χ3v) is 4.25. The van der Waals surface area contributed by atoms with E-state index in [-0.39, 0.29) is 36.5 Å². The lowest BCUT2D eigenvalue weighted by molar-refractivity contribution is -0.122. The standard InChI is InChI=1S/C22H30N4O3.HI/c1-5-24-21(27)16-29-20-8-6-7-18(13-20)14-25-22(23-2)26(3)15-17-9-11-19(28-4)12-10-17;/h6-13H,5,14-16H2,1-4H3,(H,23,25)(H,24,27);1H. The highest BCUT2D eigenvalue weighted by molar-refractivity contribution is 14.0. The van der Waals surface area contributed by atoms with Crippen LogP contribution in [0.1, 0.15) is 18.1 Å². The Morgan fingerprint density at radius 2 is 1.80 bits per heavy atom. The normalized spacial score (nSPS) is 10.6. The summed E-state index contributed by atoms with van der Waals surface area (Å²) in [4.78, 5) is 18.0. The van der Waals surface area contributed by atoms with Gasteiger partial charge in [0, 0.05) is 33.7 Å². The smallest absolute Gasteiger partial charge is 0.257 e. The molecule has 8 heteroatoms. The van der Waals surface area contributed by atoms with Gasteiger partial charge in [0.05, 0.1) is 7.11 Å². The molecule has 164 valence electrons. The summed E-state index contributed by atoms with van der Waals surface area (Å²) in [6.07, 6.45) is 0. The molecule has 0 heterocycles. The number of amides is 1. The van der Waals surface area contributed by atoms with Crippen molar-refractivity contribution in [2.45, 2.75) is 20.0 Å². The number of benzene rings is 2. The SMILES string of the molecule is CCNC(=O)COc1cccc(CNC(=NC)N(C)Cc2ccc(OC)cc2)c1.I. The fraction of sp³-hybridized carbons (Fsp3) is 0.364. The molecule has 0 aliphatic rings. The van der Waals surface area contributed by atoms with Crippen LogP contribution in [-0.4, -0.2) is 51.1 Å². The average Bonchev–Trinajstić information content (AvgIpc) is 2.74. The molecule has 0 radical (unpaired) electrons. The molecule has 1 amide bonds. The molecule has 0 fully saturated rings. The Bertz CT molecular complexity index is 812. The number of carbonyl (C=O) groups excluding carboxylic acids is 1. The minimum Gasteiger partial charge on any atom is -0.497 e. The predicted octanol–water partition coefficient (Wildman–Crippen LogP) is 3.04. The predicted molar refractivity (Wildman–Crippen MR) is 131 cm³/mol. The molecule has 2 N–H and O–H groups in total. The van der Waals surface area contributed by atoms with Gasteiger partial charge in [0.25, 0.3) is 5.91 Å². The van der Waals surface area contributed by atoms with Crippen molar-refractivity contribution < 1.29 is 14.3 Å². The van der Waals surface area contributed by atoms with Crippen molar-refractivity contribution in [3.05, 3.63) is 59.7 Å². The minimum absolute atomic E-state index is 0. The van der Waals surface area contributed by atoms with Crippen LogP contribution in [-0.2, 0) is 17.9 Å². The topological polar surface area (TPSA) is 75.2 Å². The van der Waals surface area contributed by atoms with Crippen LogP contribution < -0.4 is 20.1 Å². The van der Waals surface area contributed by atoms with E-state index >= 15 is 0 Å². The Balaban J connectivity index is 0.00000450. The largest absolute Gasteiger partial charge is 0.497 e. The van der Waals surface area contributed by atoms with E-state index in [1.165, 1.54) is 0 Å². The van der Waals surface area contributed by atoms with E-state index < -0.39 is 0 Å². The monoisotopic (exact) mass is 526 g/mol. The second kappa shape index (κ2) is 13.7. The summed E-state index contributed by atoms with van der Waals surface area (Å²) in [5.41, 5.74) is 2.20. The Hall–Kier alpha value is -2.49. The molecule has 2 aromatic rings. The summed E-state index contributed by atoms with van der Waals surface area (Å²) < 4.78 is 10.7. The lowest BCUT2D eigenvalue weighted by Gasteiger charge is -2.22. The minimum atomic E-state index is -0.128. The summed E-state index contributed by atoms with van der Waals surface area (Å²) in [6, 6.07) is 15.7. The number of likely N-dealkylation sites (N-methyl/N-ethyl adjacent to an activating group) is 1. The first-order chi connectivity index (χ1) is 14.0. The van der Waals surface area contributed by atoms with E-state index in [0.717, 1.165) is 29.4 Å². The second-order valence-corrected chi connectivity index (χ2v) is 6.49. The van der Waals surface area contributed by atoms with Gasteiger partial charge in [-0.2, -0.15) is 0 Å². The van der Waals surface area contributed by atoms with E-state index in [1.807, 2.05) is 62.5 Å². The Labute approximate surface area is 195 Å². The second-order valence-electron chi connectivity index (χ2n) is 6.49. The number of hydrogen-bond donors (Lipinski definition) is 2. The van der Waals surface area contributed by atoms with Crippen LogP contribution >= 0.6 is 24.0 Å². The number of aliphatic imine (C=N–C) groups is 1. The summed E-state index contributed by atoms with van der Waals surface area (Å²) in [7, 11) is 5.41. The molecule has 0 aliphatic heterocycles. The highest BCUT2D eigenvalue weighted by Gasteiger charge is 2.08. The average molecular weight is 526 g/mol. The molecule has 0 saturated carbocycles. The summed E-state index contributed by atoms with van der Waals surface area (Å²) in [6.45, 7) is 3.80. The molecule has 0 unspecified atom stereocenters. The summed E-state index contributed by atoms with van der Waals surface area (Å²) in [5, 5.41) is 6.07. The molecule has 0 aromatic heterocycles. The quantitative estimate of drug-likeness (QED) is 0.299. The number of methoxy groups -OCH3 is 1. The number of nitrogens with zero attached hydrogens (tertiary/aromatic N) is 2. The van der Waals surface area contributed by atoms with E-state index in [1.54, 1.807) is 14.2 Å². The molecule has 2 aromatic carbocycles. The highest BCUT2D eigenvalue weighted by Crippen LogP contribution is 2.14. The number of nitrogens with one attached hydrogen (secondary N) is 2. The van der Waals surface area contributed by atoms with Gasteiger partial charge in [-0.25, -0.2) is 0 Å². The first-order valence-corrected chi connectivity index (χ1v) is 9.58. The molecule has 7 nitrogen and oxygen atoms in total. The van der Waals surface area contributed by atoms with E-state index in [4.69, 9.17) is 9.47 Å². The van der Waals surface area contributed by atoms with Gasteiger partial charge in [0.15, 0.2) is 12.6 Å².